The van der Waals surface area contributed by atoms with Crippen molar-refractivity contribution in [1.82, 2.24) is 5.32 Å². The van der Waals surface area contributed by atoms with Crippen LogP contribution < -0.4 is 5.32 Å². The first-order valence-corrected chi connectivity index (χ1v) is 6.75. The molecule has 1 heterocycles. The fourth-order valence-corrected chi connectivity index (χ4v) is 3.18. The molecular formula is C13H25NO. The van der Waals surface area contributed by atoms with Crippen molar-refractivity contribution in [3.8, 4) is 0 Å². The van der Waals surface area contributed by atoms with Crippen molar-refractivity contribution in [3.05, 3.63) is 0 Å². The number of piperidine rings is 1. The highest BCUT2D eigenvalue weighted by Crippen LogP contribution is 2.30. The molecule has 0 aromatic carbocycles. The van der Waals surface area contributed by atoms with Crippen LogP contribution in [0, 0.1) is 11.8 Å². The van der Waals surface area contributed by atoms with Gasteiger partial charge < -0.3 is 10.4 Å². The van der Waals surface area contributed by atoms with E-state index in [2.05, 4.69) is 5.32 Å². The Labute approximate surface area is 93.5 Å². The van der Waals surface area contributed by atoms with E-state index >= 15 is 0 Å². The van der Waals surface area contributed by atoms with E-state index in [0.717, 1.165) is 18.9 Å². The average Bonchev–Trinajstić information content (AvgIpc) is 2.31. The van der Waals surface area contributed by atoms with Crippen LogP contribution in [0.3, 0.4) is 0 Å². The molecule has 15 heavy (non-hydrogen) atoms. The van der Waals surface area contributed by atoms with Crippen LogP contribution in [0.15, 0.2) is 0 Å². The van der Waals surface area contributed by atoms with Crippen molar-refractivity contribution in [2.75, 3.05) is 13.1 Å². The molecular weight excluding hydrogens is 186 g/mol. The molecule has 2 atom stereocenters. The number of aliphatic hydroxyl groups excluding tert-OH is 1. The normalized spacial score (nSPS) is 31.4. The highest BCUT2D eigenvalue weighted by Gasteiger charge is 2.25. The Morgan fingerprint density at radius 2 is 1.87 bits per heavy atom. The lowest BCUT2D eigenvalue weighted by Crippen LogP contribution is -2.34. The summed E-state index contributed by atoms with van der Waals surface area (Å²) < 4.78 is 0. The SMILES string of the molecule is OC(CC1CCCNC1)C1CCCCC1. The number of nitrogens with one attached hydrogen (secondary N) is 1. The van der Waals surface area contributed by atoms with Gasteiger partial charge in [0.25, 0.3) is 0 Å². The second-order valence-corrected chi connectivity index (χ2v) is 5.41. The Morgan fingerprint density at radius 3 is 2.53 bits per heavy atom. The Morgan fingerprint density at radius 1 is 1.07 bits per heavy atom. The predicted octanol–water partition coefficient (Wildman–Crippen LogP) is 2.32. The number of aliphatic hydroxyl groups is 1. The Bertz CT molecular complexity index is 171. The van der Waals surface area contributed by atoms with Gasteiger partial charge in [-0.25, -0.2) is 0 Å². The van der Waals surface area contributed by atoms with E-state index in [4.69, 9.17) is 0 Å². The van der Waals surface area contributed by atoms with Gasteiger partial charge in [-0.1, -0.05) is 19.3 Å². The van der Waals surface area contributed by atoms with Crippen LogP contribution >= 0.6 is 0 Å². The van der Waals surface area contributed by atoms with Crippen molar-refractivity contribution in [2.24, 2.45) is 11.8 Å². The minimum absolute atomic E-state index is 0.0183. The minimum atomic E-state index is -0.0183. The van der Waals surface area contributed by atoms with Crippen molar-refractivity contribution < 1.29 is 5.11 Å². The first-order valence-electron chi connectivity index (χ1n) is 6.75. The average molecular weight is 211 g/mol. The standard InChI is InChI=1S/C13H25NO/c15-13(12-6-2-1-3-7-12)9-11-5-4-8-14-10-11/h11-15H,1-10H2. The van der Waals surface area contributed by atoms with E-state index in [-0.39, 0.29) is 6.10 Å². The summed E-state index contributed by atoms with van der Waals surface area (Å²) in [6.45, 7) is 2.31. The van der Waals surface area contributed by atoms with Gasteiger partial charge in [-0.05, 0) is 57.0 Å². The molecule has 2 unspecified atom stereocenters. The summed E-state index contributed by atoms with van der Waals surface area (Å²) in [6, 6.07) is 0. The lowest BCUT2D eigenvalue weighted by Gasteiger charge is -2.31. The molecule has 1 aliphatic heterocycles. The molecule has 0 amide bonds. The molecule has 1 aliphatic carbocycles. The zero-order chi connectivity index (χ0) is 10.5. The van der Waals surface area contributed by atoms with E-state index < -0.39 is 0 Å². The molecule has 2 nitrogen and oxygen atoms in total. The zero-order valence-electron chi connectivity index (χ0n) is 9.75. The molecule has 2 N–H and O–H groups in total. The van der Waals surface area contributed by atoms with E-state index in [1.807, 2.05) is 0 Å². The third-order valence-electron chi connectivity index (χ3n) is 4.17. The topological polar surface area (TPSA) is 32.3 Å². The van der Waals surface area contributed by atoms with Gasteiger partial charge in [0.1, 0.15) is 0 Å². The highest BCUT2D eigenvalue weighted by molar-refractivity contribution is 4.78. The van der Waals surface area contributed by atoms with E-state index in [1.165, 1.54) is 51.5 Å². The quantitative estimate of drug-likeness (QED) is 0.751. The summed E-state index contributed by atoms with van der Waals surface area (Å²) in [4.78, 5) is 0. The van der Waals surface area contributed by atoms with Crippen LogP contribution in [0.1, 0.15) is 51.4 Å². The van der Waals surface area contributed by atoms with Crippen molar-refractivity contribution >= 4 is 0 Å². The predicted molar refractivity (Wildman–Crippen MR) is 62.8 cm³/mol. The van der Waals surface area contributed by atoms with Crippen LogP contribution in [0.4, 0.5) is 0 Å². The van der Waals surface area contributed by atoms with Gasteiger partial charge in [-0.2, -0.15) is 0 Å². The molecule has 2 rings (SSSR count). The monoisotopic (exact) mass is 211 g/mol. The highest BCUT2D eigenvalue weighted by atomic mass is 16.3. The zero-order valence-corrected chi connectivity index (χ0v) is 9.75. The van der Waals surface area contributed by atoms with Crippen LogP contribution in [0.2, 0.25) is 0 Å². The van der Waals surface area contributed by atoms with E-state index in [0.29, 0.717) is 5.92 Å². The summed E-state index contributed by atoms with van der Waals surface area (Å²) in [6.07, 6.45) is 10.2. The molecule has 1 saturated carbocycles. The van der Waals surface area contributed by atoms with Crippen LogP contribution in [-0.2, 0) is 0 Å². The molecule has 0 bridgehead atoms. The lowest BCUT2D eigenvalue weighted by molar-refractivity contribution is 0.0583. The Kier molecular flexibility index (Phi) is 4.45. The second kappa shape index (κ2) is 5.86. The minimum Gasteiger partial charge on any atom is -0.393 e. The van der Waals surface area contributed by atoms with E-state index in [9.17, 15) is 5.11 Å². The van der Waals surface area contributed by atoms with Crippen molar-refractivity contribution in [1.29, 1.82) is 0 Å². The fourth-order valence-electron chi connectivity index (χ4n) is 3.18. The molecule has 0 spiro atoms. The van der Waals surface area contributed by atoms with Gasteiger partial charge in [0.2, 0.25) is 0 Å². The summed E-state index contributed by atoms with van der Waals surface area (Å²) in [5.41, 5.74) is 0. The van der Waals surface area contributed by atoms with Crippen LogP contribution in [-0.4, -0.2) is 24.3 Å². The number of rotatable bonds is 3. The van der Waals surface area contributed by atoms with Gasteiger partial charge in [-0.3, -0.25) is 0 Å². The van der Waals surface area contributed by atoms with Gasteiger partial charge in [0, 0.05) is 0 Å². The molecule has 0 radical (unpaired) electrons. The maximum absolute atomic E-state index is 10.2. The largest absolute Gasteiger partial charge is 0.393 e. The van der Waals surface area contributed by atoms with Gasteiger partial charge in [-0.15, -0.1) is 0 Å². The molecule has 2 fully saturated rings. The fraction of sp³-hybridized carbons (Fsp3) is 1.00. The third-order valence-corrected chi connectivity index (χ3v) is 4.17. The smallest absolute Gasteiger partial charge is 0.0571 e. The first kappa shape index (κ1) is 11.4. The van der Waals surface area contributed by atoms with Crippen LogP contribution in [0.5, 0.6) is 0 Å². The maximum Gasteiger partial charge on any atom is 0.0571 e. The molecule has 2 heteroatoms. The maximum atomic E-state index is 10.2. The summed E-state index contributed by atoms with van der Waals surface area (Å²) in [7, 11) is 0. The number of hydrogen-bond donors (Lipinski definition) is 2. The summed E-state index contributed by atoms with van der Waals surface area (Å²) in [5, 5.41) is 13.6. The van der Waals surface area contributed by atoms with Gasteiger partial charge >= 0.3 is 0 Å². The number of hydrogen-bond acceptors (Lipinski definition) is 2. The molecule has 88 valence electrons. The molecule has 0 aromatic rings. The summed E-state index contributed by atoms with van der Waals surface area (Å²) >= 11 is 0. The van der Waals surface area contributed by atoms with Crippen molar-refractivity contribution in [3.63, 3.8) is 0 Å². The van der Waals surface area contributed by atoms with Gasteiger partial charge in [0.15, 0.2) is 0 Å². The van der Waals surface area contributed by atoms with Gasteiger partial charge in [0.05, 0.1) is 6.10 Å². The third kappa shape index (κ3) is 3.46. The first-order chi connectivity index (χ1) is 7.36. The lowest BCUT2D eigenvalue weighted by atomic mass is 9.81. The van der Waals surface area contributed by atoms with Crippen molar-refractivity contribution in [2.45, 2.75) is 57.5 Å². The second-order valence-electron chi connectivity index (χ2n) is 5.41. The molecule has 1 saturated heterocycles. The molecule has 2 aliphatic rings. The Hall–Kier alpha value is -0.0800. The summed E-state index contributed by atoms with van der Waals surface area (Å²) in [5.74, 6) is 1.34. The van der Waals surface area contributed by atoms with E-state index in [1.54, 1.807) is 0 Å². The van der Waals surface area contributed by atoms with Crippen LogP contribution in [0.25, 0.3) is 0 Å². The Balaban J connectivity index is 1.72. The molecule has 0 aromatic heterocycles.